The van der Waals surface area contributed by atoms with Crippen molar-refractivity contribution in [1.29, 1.82) is 0 Å². The molecule has 0 spiro atoms. The zero-order valence-electron chi connectivity index (χ0n) is 18.7. The fourth-order valence-corrected chi connectivity index (χ4v) is 5.53. The molecule has 1 amide bonds. The summed E-state index contributed by atoms with van der Waals surface area (Å²) in [4.78, 5) is 22.6. The Morgan fingerprint density at radius 2 is 1.91 bits per heavy atom. The molecule has 2 heterocycles. The number of nitrogens with one attached hydrogen (secondary N) is 1. The molecule has 1 unspecified atom stereocenters. The Morgan fingerprint density at radius 3 is 2.62 bits per heavy atom. The molecule has 2 aromatic heterocycles. The second-order valence-electron chi connectivity index (χ2n) is 7.89. The van der Waals surface area contributed by atoms with Crippen LogP contribution >= 0.6 is 23.1 Å². The minimum absolute atomic E-state index is 0.109. The first-order valence-corrected chi connectivity index (χ1v) is 12.4. The van der Waals surface area contributed by atoms with Gasteiger partial charge >= 0.3 is 6.18 Å². The Labute approximate surface area is 203 Å². The van der Waals surface area contributed by atoms with Crippen molar-refractivity contribution in [3.63, 3.8) is 0 Å². The van der Waals surface area contributed by atoms with Gasteiger partial charge in [0.05, 0.1) is 16.2 Å². The Morgan fingerprint density at radius 1 is 1.12 bits per heavy atom. The maximum absolute atomic E-state index is 13.0. The number of fused-ring (bicyclic) bond motifs is 1. The largest absolute Gasteiger partial charge is 0.416 e. The zero-order valence-corrected chi connectivity index (χ0v) is 20.4. The number of aryl methyl sites for hydroxylation is 2. The predicted molar refractivity (Wildman–Crippen MR) is 132 cm³/mol. The van der Waals surface area contributed by atoms with E-state index in [0.717, 1.165) is 33.5 Å². The van der Waals surface area contributed by atoms with Crippen LogP contribution < -0.4 is 5.32 Å². The molecule has 1 N–H and O–H groups in total. The third-order valence-electron chi connectivity index (χ3n) is 5.53. The molecule has 0 saturated heterocycles. The van der Waals surface area contributed by atoms with E-state index >= 15 is 0 Å². The van der Waals surface area contributed by atoms with Gasteiger partial charge in [-0.1, -0.05) is 43.0 Å². The fraction of sp³-hybridized carbons (Fsp3) is 0.240. The van der Waals surface area contributed by atoms with E-state index in [-0.39, 0.29) is 11.6 Å². The van der Waals surface area contributed by atoms with Gasteiger partial charge in [-0.25, -0.2) is 9.97 Å². The summed E-state index contributed by atoms with van der Waals surface area (Å²) in [5.41, 5.74) is 3.73. The molecule has 176 valence electrons. The number of aromatic nitrogens is 2. The molecule has 0 aliphatic rings. The molecule has 4 aromatic rings. The van der Waals surface area contributed by atoms with E-state index in [1.165, 1.54) is 52.7 Å². The van der Waals surface area contributed by atoms with Gasteiger partial charge in [-0.05, 0) is 55.2 Å². The normalized spacial score (nSPS) is 12.6. The number of alkyl halides is 3. The lowest BCUT2D eigenvalue weighted by Gasteiger charge is -2.16. The number of thiophene rings is 1. The van der Waals surface area contributed by atoms with E-state index in [2.05, 4.69) is 47.3 Å². The topological polar surface area (TPSA) is 54.9 Å². The molecule has 0 fully saturated rings. The van der Waals surface area contributed by atoms with E-state index in [1.807, 2.05) is 12.3 Å². The van der Waals surface area contributed by atoms with Gasteiger partial charge in [-0.2, -0.15) is 13.2 Å². The van der Waals surface area contributed by atoms with Crippen LogP contribution in [-0.2, 0) is 11.0 Å². The summed E-state index contributed by atoms with van der Waals surface area (Å²) in [5.74, 6) is -0.374. The van der Waals surface area contributed by atoms with E-state index in [0.29, 0.717) is 11.4 Å². The third kappa shape index (κ3) is 5.10. The van der Waals surface area contributed by atoms with Crippen molar-refractivity contribution in [2.45, 2.75) is 43.6 Å². The first kappa shape index (κ1) is 24.2. The molecule has 0 aliphatic heterocycles. The first-order valence-electron chi connectivity index (χ1n) is 10.6. The first-order chi connectivity index (χ1) is 16.2. The number of hydrogen-bond acceptors (Lipinski definition) is 5. The van der Waals surface area contributed by atoms with Crippen LogP contribution in [-0.4, -0.2) is 21.1 Å². The molecular formula is C25H22F3N3OS2. The number of hydrogen-bond donors (Lipinski definition) is 1. The minimum atomic E-state index is -4.48. The van der Waals surface area contributed by atoms with Gasteiger partial charge < -0.3 is 5.32 Å². The van der Waals surface area contributed by atoms with Gasteiger partial charge in [-0.3, -0.25) is 4.79 Å². The summed E-state index contributed by atoms with van der Waals surface area (Å²) in [5, 5.41) is 5.68. The summed E-state index contributed by atoms with van der Waals surface area (Å²) in [6.45, 7) is 5.98. The van der Waals surface area contributed by atoms with Crippen molar-refractivity contribution < 1.29 is 18.0 Å². The van der Waals surface area contributed by atoms with Gasteiger partial charge in [0, 0.05) is 16.6 Å². The highest BCUT2D eigenvalue weighted by molar-refractivity contribution is 8.00. The van der Waals surface area contributed by atoms with Crippen LogP contribution in [0.5, 0.6) is 0 Å². The average molecular weight is 502 g/mol. The molecule has 4 nitrogen and oxygen atoms in total. The Kier molecular flexibility index (Phi) is 6.95. The molecule has 34 heavy (non-hydrogen) atoms. The van der Waals surface area contributed by atoms with Crippen molar-refractivity contribution in [2.75, 3.05) is 5.32 Å². The van der Waals surface area contributed by atoms with Crippen LogP contribution in [0.1, 0.15) is 30.0 Å². The van der Waals surface area contributed by atoms with Gasteiger partial charge in [0.15, 0.2) is 0 Å². The summed E-state index contributed by atoms with van der Waals surface area (Å²) < 4.78 is 39.1. The number of anilines is 1. The summed E-state index contributed by atoms with van der Waals surface area (Å²) in [6, 6.07) is 10.9. The highest BCUT2D eigenvalue weighted by Gasteiger charge is 2.31. The van der Waals surface area contributed by atoms with E-state index in [9.17, 15) is 18.0 Å². The van der Waals surface area contributed by atoms with Crippen LogP contribution in [0.4, 0.5) is 18.9 Å². The molecule has 0 aliphatic carbocycles. The number of carbonyl (C=O) groups excluding carboxylic acids is 1. The highest BCUT2D eigenvalue weighted by atomic mass is 32.2. The van der Waals surface area contributed by atoms with Crippen LogP contribution in [0, 0.1) is 13.8 Å². The monoisotopic (exact) mass is 501 g/mol. The standard InChI is InChI=1S/C25H22F3N3OS2/c1-4-20(22(32)31-18-7-5-6-17(11-18)25(26,27)28)34-24-21-19(12-33-23(21)29-13-30-24)16-9-8-14(2)15(3)10-16/h5-13,20H,4H2,1-3H3,(H,31,32). The van der Waals surface area contributed by atoms with Gasteiger partial charge in [0.1, 0.15) is 16.2 Å². The van der Waals surface area contributed by atoms with E-state index in [4.69, 9.17) is 0 Å². The molecular weight excluding hydrogens is 479 g/mol. The number of nitrogens with zero attached hydrogens (tertiary/aromatic N) is 2. The molecule has 0 bridgehead atoms. The van der Waals surface area contributed by atoms with Crippen LogP contribution in [0.25, 0.3) is 21.3 Å². The second-order valence-corrected chi connectivity index (χ2v) is 9.94. The molecule has 0 saturated carbocycles. The number of benzene rings is 2. The van der Waals surface area contributed by atoms with Crippen LogP contribution in [0.15, 0.2) is 59.2 Å². The molecule has 2 aromatic carbocycles. The number of carbonyl (C=O) groups is 1. The Balaban J connectivity index is 1.63. The SMILES string of the molecule is CCC(Sc1ncnc2scc(-c3ccc(C)c(C)c3)c12)C(=O)Nc1cccc(C(F)(F)F)c1. The predicted octanol–water partition coefficient (Wildman–Crippen LogP) is 7.50. The van der Waals surface area contributed by atoms with Crippen molar-refractivity contribution in [3.8, 4) is 11.1 Å². The summed E-state index contributed by atoms with van der Waals surface area (Å²) >= 11 is 2.81. The van der Waals surface area contributed by atoms with Crippen molar-refractivity contribution >= 4 is 44.9 Å². The van der Waals surface area contributed by atoms with Gasteiger partial charge in [0.25, 0.3) is 0 Å². The Hall–Kier alpha value is -2.91. The van der Waals surface area contributed by atoms with Crippen molar-refractivity contribution in [3.05, 3.63) is 70.9 Å². The van der Waals surface area contributed by atoms with Crippen molar-refractivity contribution in [1.82, 2.24) is 9.97 Å². The van der Waals surface area contributed by atoms with Crippen molar-refractivity contribution in [2.24, 2.45) is 0 Å². The average Bonchev–Trinajstić information content (AvgIpc) is 3.24. The van der Waals surface area contributed by atoms with E-state index in [1.54, 1.807) is 0 Å². The van der Waals surface area contributed by atoms with Crippen LogP contribution in [0.3, 0.4) is 0 Å². The van der Waals surface area contributed by atoms with E-state index < -0.39 is 17.0 Å². The quantitative estimate of drug-likeness (QED) is 0.219. The maximum Gasteiger partial charge on any atom is 0.416 e. The lowest BCUT2D eigenvalue weighted by molar-refractivity contribution is -0.137. The fourth-order valence-electron chi connectivity index (χ4n) is 3.51. The smallest absolute Gasteiger partial charge is 0.325 e. The molecule has 1 atom stereocenters. The molecule has 4 rings (SSSR count). The third-order valence-corrected chi connectivity index (χ3v) is 7.78. The number of rotatable bonds is 6. The van der Waals surface area contributed by atoms with Crippen LogP contribution in [0.2, 0.25) is 0 Å². The number of halogens is 3. The minimum Gasteiger partial charge on any atom is -0.325 e. The van der Waals surface area contributed by atoms with Gasteiger partial charge in [-0.15, -0.1) is 11.3 Å². The summed E-state index contributed by atoms with van der Waals surface area (Å²) in [7, 11) is 0. The Bertz CT molecular complexity index is 1350. The van der Waals surface area contributed by atoms with Gasteiger partial charge in [0.2, 0.25) is 5.91 Å². The summed E-state index contributed by atoms with van der Waals surface area (Å²) in [6.07, 6.45) is -2.53. The highest BCUT2D eigenvalue weighted by Crippen LogP contribution is 2.40. The maximum atomic E-state index is 13.0. The number of thioether (sulfide) groups is 1. The lowest BCUT2D eigenvalue weighted by Crippen LogP contribution is -2.25. The zero-order chi connectivity index (χ0) is 24.5. The lowest BCUT2D eigenvalue weighted by atomic mass is 10.0. The molecule has 0 radical (unpaired) electrons. The molecule has 9 heteroatoms. The second kappa shape index (κ2) is 9.76. The number of amides is 1.